The molecule has 3 atom stereocenters. The standard InChI is InChI=1S/C68H119N2O7P/c1-7-10-13-16-19-22-25-28-30-32-33-34-35-36-37-39-40-42-45-48-51-54-57-60-67(71)69-65(64-76-78(73,74)75-63-62-70(4,5)6)66(59-56-53-50-47-44-27-24-21-18-15-12-9-3)77-68(72)61-58-55-52-49-46-43-41-38-31-29-26-23-20-17-14-11-8-2/h11,14,19-20,22-23,28-31,33-34,41,43,49,52,56,59,65-66H,7-10,12-13,15-18,21,24-27,32,35-40,42,44-48,50-51,53-55,57-58,60-64H2,1-6H3,(H-,69,71,73,74)/p+1/b14-11-,22-19-,23-20-,30-28-,31-29-,34-33-,43-41-,52-49-,59-56-. The molecule has 0 aliphatic carbocycles. The number of allylic oxidation sites excluding steroid dienone is 17. The number of nitrogens with zero attached hydrogens (tertiary/aromatic N) is 1. The molecule has 0 heterocycles. The zero-order chi connectivity index (χ0) is 57.2. The van der Waals surface area contributed by atoms with Gasteiger partial charge in [0.25, 0.3) is 0 Å². The fraction of sp³-hybridized carbons (Fsp3) is 0.706. The maximum atomic E-state index is 13.6. The zero-order valence-corrected chi connectivity index (χ0v) is 52.0. The average Bonchev–Trinajstić information content (AvgIpc) is 3.40. The summed E-state index contributed by atoms with van der Waals surface area (Å²) in [5.41, 5.74) is 0. The second-order valence-corrected chi connectivity index (χ2v) is 23.6. The van der Waals surface area contributed by atoms with Gasteiger partial charge in [-0.3, -0.25) is 18.6 Å². The van der Waals surface area contributed by atoms with Crippen LogP contribution in [-0.4, -0.2) is 74.3 Å². The van der Waals surface area contributed by atoms with Crippen molar-refractivity contribution in [1.82, 2.24) is 5.32 Å². The molecular weight excluding hydrogens is 988 g/mol. The number of carbonyl (C=O) groups excluding carboxylic acids is 2. The number of phosphoric acid groups is 1. The van der Waals surface area contributed by atoms with Crippen LogP contribution in [0.3, 0.4) is 0 Å². The Kier molecular flexibility index (Phi) is 54.5. The largest absolute Gasteiger partial charge is 0.472 e. The van der Waals surface area contributed by atoms with E-state index in [-0.39, 0.29) is 31.5 Å². The number of hydrogen-bond acceptors (Lipinski definition) is 6. The highest BCUT2D eigenvalue weighted by Crippen LogP contribution is 2.43. The molecule has 0 rings (SSSR count). The zero-order valence-electron chi connectivity index (χ0n) is 51.1. The molecule has 448 valence electrons. The molecule has 10 heteroatoms. The summed E-state index contributed by atoms with van der Waals surface area (Å²) in [5, 5.41) is 3.04. The van der Waals surface area contributed by atoms with E-state index in [9.17, 15) is 19.0 Å². The van der Waals surface area contributed by atoms with Gasteiger partial charge in [0.05, 0.1) is 33.8 Å². The molecule has 0 radical (unpaired) electrons. The number of quaternary nitrogens is 1. The van der Waals surface area contributed by atoms with Gasteiger partial charge in [-0.2, -0.15) is 0 Å². The quantitative estimate of drug-likeness (QED) is 0.0205. The fourth-order valence-corrected chi connectivity index (χ4v) is 9.31. The van der Waals surface area contributed by atoms with Gasteiger partial charge in [-0.25, -0.2) is 4.57 Å². The minimum absolute atomic E-state index is 0.0255. The predicted octanol–water partition coefficient (Wildman–Crippen LogP) is 19.7. The SMILES string of the molecule is CC/C=C\C/C=C\C/C=C\C/C=C\C/C=C\CCCC(=O)OC(/C=C\CCCCCCCCCCCC)C(COP(=O)(O)OCC[N+](C)(C)C)NC(=O)CCCCCCCCCCCC/C=C\C/C=C\C/C=C\CCCCC. The number of esters is 1. The third kappa shape index (κ3) is 57.4. The van der Waals surface area contributed by atoms with Crippen molar-refractivity contribution in [3.05, 3.63) is 109 Å². The van der Waals surface area contributed by atoms with Gasteiger partial charge in [0, 0.05) is 12.8 Å². The molecular formula is C68H120N2O7P+. The number of phosphoric ester groups is 1. The maximum absolute atomic E-state index is 13.6. The normalized spacial score (nSPS) is 14.4. The molecule has 0 aromatic carbocycles. The summed E-state index contributed by atoms with van der Waals surface area (Å²) in [7, 11) is 1.45. The summed E-state index contributed by atoms with van der Waals surface area (Å²) in [6.07, 6.45) is 78.1. The number of hydrogen-bond donors (Lipinski definition) is 2. The van der Waals surface area contributed by atoms with Crippen LogP contribution in [0.2, 0.25) is 0 Å². The number of rotatable bonds is 56. The van der Waals surface area contributed by atoms with Crippen LogP contribution in [0.1, 0.15) is 258 Å². The second kappa shape index (κ2) is 56.9. The Morgan fingerprint density at radius 2 is 0.833 bits per heavy atom. The summed E-state index contributed by atoms with van der Waals surface area (Å²) < 4.78 is 30.7. The Morgan fingerprint density at radius 3 is 1.28 bits per heavy atom. The number of ether oxygens (including phenoxy) is 1. The van der Waals surface area contributed by atoms with E-state index in [0.29, 0.717) is 23.9 Å². The van der Waals surface area contributed by atoms with Crippen molar-refractivity contribution in [3.63, 3.8) is 0 Å². The second-order valence-electron chi connectivity index (χ2n) is 22.2. The molecule has 0 aromatic heterocycles. The molecule has 0 saturated heterocycles. The highest BCUT2D eigenvalue weighted by atomic mass is 31.2. The number of amides is 1. The summed E-state index contributed by atoms with van der Waals surface area (Å²) in [5.74, 6) is -0.582. The van der Waals surface area contributed by atoms with Gasteiger partial charge in [0.1, 0.15) is 19.3 Å². The highest BCUT2D eigenvalue weighted by Gasteiger charge is 2.30. The van der Waals surface area contributed by atoms with Crippen LogP contribution in [0.25, 0.3) is 0 Å². The van der Waals surface area contributed by atoms with E-state index in [4.69, 9.17) is 13.8 Å². The number of unbranched alkanes of at least 4 members (excludes halogenated alkanes) is 24. The van der Waals surface area contributed by atoms with Crippen molar-refractivity contribution in [2.45, 2.75) is 270 Å². The van der Waals surface area contributed by atoms with Gasteiger partial charge in [0.15, 0.2) is 0 Å². The van der Waals surface area contributed by atoms with Crippen molar-refractivity contribution in [1.29, 1.82) is 0 Å². The molecule has 3 unspecified atom stereocenters. The lowest BCUT2D eigenvalue weighted by Gasteiger charge is -2.27. The van der Waals surface area contributed by atoms with Crippen molar-refractivity contribution in [3.8, 4) is 0 Å². The van der Waals surface area contributed by atoms with E-state index in [1.807, 2.05) is 33.3 Å². The van der Waals surface area contributed by atoms with Gasteiger partial charge in [-0.15, -0.1) is 0 Å². The van der Waals surface area contributed by atoms with Crippen molar-refractivity contribution in [2.24, 2.45) is 0 Å². The fourth-order valence-electron chi connectivity index (χ4n) is 8.57. The van der Waals surface area contributed by atoms with E-state index >= 15 is 0 Å². The minimum atomic E-state index is -4.47. The molecule has 0 aliphatic rings. The molecule has 1 amide bonds. The third-order valence-electron chi connectivity index (χ3n) is 13.4. The molecule has 0 fully saturated rings. The Bertz CT molecular complexity index is 1700. The molecule has 0 aromatic rings. The first-order valence-electron chi connectivity index (χ1n) is 31.7. The number of nitrogens with one attached hydrogen (secondary N) is 1. The maximum Gasteiger partial charge on any atom is 0.472 e. The lowest BCUT2D eigenvalue weighted by atomic mass is 10.0. The van der Waals surface area contributed by atoms with Crippen LogP contribution >= 0.6 is 7.82 Å². The van der Waals surface area contributed by atoms with Gasteiger partial charge >= 0.3 is 13.8 Å². The van der Waals surface area contributed by atoms with Gasteiger partial charge < -0.3 is 19.4 Å². The van der Waals surface area contributed by atoms with Gasteiger partial charge in [-0.1, -0.05) is 246 Å². The predicted molar refractivity (Wildman–Crippen MR) is 337 cm³/mol. The topological polar surface area (TPSA) is 111 Å². The lowest BCUT2D eigenvalue weighted by Crippen LogP contribution is -2.47. The molecule has 78 heavy (non-hydrogen) atoms. The van der Waals surface area contributed by atoms with Crippen molar-refractivity contribution >= 4 is 19.7 Å². The van der Waals surface area contributed by atoms with E-state index in [1.54, 1.807) is 0 Å². The Hall–Kier alpha value is -3.33. The monoisotopic (exact) mass is 1110 g/mol. The molecule has 0 saturated carbocycles. The Morgan fingerprint density at radius 1 is 0.462 bits per heavy atom. The molecule has 0 bridgehead atoms. The van der Waals surface area contributed by atoms with Crippen LogP contribution in [0.5, 0.6) is 0 Å². The van der Waals surface area contributed by atoms with Gasteiger partial charge in [0.2, 0.25) is 5.91 Å². The molecule has 9 nitrogen and oxygen atoms in total. The first kappa shape index (κ1) is 74.7. The van der Waals surface area contributed by atoms with Crippen LogP contribution in [0.4, 0.5) is 0 Å². The first-order valence-corrected chi connectivity index (χ1v) is 33.2. The third-order valence-corrected chi connectivity index (χ3v) is 14.4. The van der Waals surface area contributed by atoms with Crippen molar-refractivity contribution in [2.75, 3.05) is 40.9 Å². The summed E-state index contributed by atoms with van der Waals surface area (Å²) in [6, 6.07) is -0.880. The number of likely N-dealkylation sites (N-methyl/N-ethyl adjacent to an activating group) is 1. The first-order chi connectivity index (χ1) is 37.9. The van der Waals surface area contributed by atoms with E-state index in [2.05, 4.69) is 123 Å². The number of carbonyl (C=O) groups is 2. The average molecular weight is 1110 g/mol. The molecule has 0 aliphatic heterocycles. The smallest absolute Gasteiger partial charge is 0.456 e. The Balaban J connectivity index is 5.28. The minimum Gasteiger partial charge on any atom is -0.456 e. The van der Waals surface area contributed by atoms with E-state index in [1.165, 1.54) is 116 Å². The van der Waals surface area contributed by atoms with E-state index in [0.717, 1.165) is 103 Å². The van der Waals surface area contributed by atoms with Crippen LogP contribution < -0.4 is 5.32 Å². The summed E-state index contributed by atoms with van der Waals surface area (Å²) >= 11 is 0. The van der Waals surface area contributed by atoms with Crippen LogP contribution in [0, 0.1) is 0 Å². The summed E-state index contributed by atoms with van der Waals surface area (Å²) in [6.45, 7) is 6.82. The molecule has 0 spiro atoms. The van der Waals surface area contributed by atoms with Crippen molar-refractivity contribution < 1.29 is 37.3 Å². The van der Waals surface area contributed by atoms with Gasteiger partial charge in [-0.05, 0) is 109 Å². The lowest BCUT2D eigenvalue weighted by molar-refractivity contribution is -0.870. The van der Waals surface area contributed by atoms with Crippen LogP contribution in [0.15, 0.2) is 109 Å². The van der Waals surface area contributed by atoms with E-state index < -0.39 is 20.0 Å². The summed E-state index contributed by atoms with van der Waals surface area (Å²) in [4.78, 5) is 37.7. The Labute approximate surface area is 481 Å². The molecule has 2 N–H and O–H groups in total. The van der Waals surface area contributed by atoms with Crippen LogP contribution in [-0.2, 0) is 27.9 Å². The highest BCUT2D eigenvalue weighted by molar-refractivity contribution is 7.47.